The largest absolute Gasteiger partial charge is 0.471 e. The second kappa shape index (κ2) is 8.17. The van der Waals surface area contributed by atoms with Gasteiger partial charge >= 0.3 is 12.1 Å². The Labute approximate surface area is 138 Å². The summed E-state index contributed by atoms with van der Waals surface area (Å²) in [5.74, 6) is -2.16. The van der Waals surface area contributed by atoms with Crippen molar-refractivity contribution in [2.45, 2.75) is 56.8 Å². The normalized spacial score (nSPS) is 21.1. The third-order valence-electron chi connectivity index (χ3n) is 4.17. The Morgan fingerprint density at radius 3 is 2.17 bits per heavy atom. The van der Waals surface area contributed by atoms with Crippen molar-refractivity contribution in [3.05, 3.63) is 35.9 Å². The average Bonchev–Trinajstić information content (AvgIpc) is 2.55. The van der Waals surface area contributed by atoms with E-state index in [2.05, 4.69) is 5.32 Å². The van der Waals surface area contributed by atoms with E-state index in [1.807, 2.05) is 35.6 Å². The second-order valence-electron chi connectivity index (χ2n) is 6.02. The summed E-state index contributed by atoms with van der Waals surface area (Å²) in [5, 5.41) is 4.78. The first-order chi connectivity index (χ1) is 11.4. The lowest BCUT2D eigenvalue weighted by Gasteiger charge is -2.33. The Kier molecular flexibility index (Phi) is 6.23. The maximum Gasteiger partial charge on any atom is 0.471 e. The molecule has 1 saturated carbocycles. The highest BCUT2D eigenvalue weighted by Crippen LogP contribution is 2.21. The summed E-state index contributed by atoms with van der Waals surface area (Å²) in [6.45, 7) is 0. The Balaban J connectivity index is 1.86. The first-order valence-electron chi connectivity index (χ1n) is 8.07. The number of carbonyl (C=O) groups is 2. The molecule has 2 atom stereocenters. The van der Waals surface area contributed by atoms with Crippen LogP contribution in [0.1, 0.15) is 37.7 Å². The van der Waals surface area contributed by atoms with E-state index in [-0.39, 0.29) is 12.3 Å². The third kappa shape index (κ3) is 5.54. The summed E-state index contributed by atoms with van der Waals surface area (Å²) < 4.78 is 37.2. The first-order valence-corrected chi connectivity index (χ1v) is 8.07. The van der Waals surface area contributed by atoms with Gasteiger partial charge in [-0.2, -0.15) is 13.2 Å². The summed E-state index contributed by atoms with van der Waals surface area (Å²) in [6, 6.07) is 8.37. The molecule has 0 bridgehead atoms. The van der Waals surface area contributed by atoms with E-state index in [0.29, 0.717) is 19.3 Å². The minimum Gasteiger partial charge on any atom is -0.351 e. The van der Waals surface area contributed by atoms with E-state index >= 15 is 0 Å². The number of hydrogen-bond acceptors (Lipinski definition) is 2. The zero-order chi connectivity index (χ0) is 17.6. The van der Waals surface area contributed by atoms with Gasteiger partial charge in [0.25, 0.3) is 0 Å². The molecule has 1 fully saturated rings. The van der Waals surface area contributed by atoms with Crippen molar-refractivity contribution in [3.63, 3.8) is 0 Å². The molecule has 0 aliphatic heterocycles. The van der Waals surface area contributed by atoms with E-state index < -0.39 is 24.2 Å². The number of halogens is 3. The van der Waals surface area contributed by atoms with Crippen molar-refractivity contribution in [1.82, 2.24) is 10.6 Å². The van der Waals surface area contributed by atoms with Gasteiger partial charge in [0, 0.05) is 18.5 Å². The van der Waals surface area contributed by atoms with Crippen molar-refractivity contribution in [3.8, 4) is 0 Å². The van der Waals surface area contributed by atoms with Crippen LogP contribution in [0.25, 0.3) is 0 Å². The van der Waals surface area contributed by atoms with Crippen LogP contribution in [0.3, 0.4) is 0 Å². The molecular weight excluding hydrogens is 321 g/mol. The van der Waals surface area contributed by atoms with Crippen LogP contribution in [0.5, 0.6) is 0 Å². The Hall–Kier alpha value is -2.05. The molecule has 2 amide bonds. The fraction of sp³-hybridized carbons (Fsp3) is 0.529. The summed E-state index contributed by atoms with van der Waals surface area (Å²) in [5.41, 5.74) is 1.03. The van der Waals surface area contributed by atoms with Crippen LogP contribution in [0, 0.1) is 0 Å². The monoisotopic (exact) mass is 342 g/mol. The molecule has 24 heavy (non-hydrogen) atoms. The van der Waals surface area contributed by atoms with E-state index in [4.69, 9.17) is 0 Å². The number of carbonyl (C=O) groups excluding carboxylic acids is 2. The fourth-order valence-electron chi connectivity index (χ4n) is 2.91. The number of nitrogens with one attached hydrogen (secondary N) is 2. The number of amides is 2. The molecule has 1 aliphatic carbocycles. The molecule has 7 heteroatoms. The highest BCUT2D eigenvalue weighted by atomic mass is 19.4. The molecule has 1 aromatic rings. The SMILES string of the molecule is O=C(CCc1ccccc1)N[C@@H]1CCCC[C@H]1NC(=O)C(F)(F)F. The van der Waals surface area contributed by atoms with Gasteiger partial charge in [-0.3, -0.25) is 9.59 Å². The zero-order valence-corrected chi connectivity index (χ0v) is 13.2. The molecule has 0 spiro atoms. The quantitative estimate of drug-likeness (QED) is 0.864. The summed E-state index contributed by atoms with van der Waals surface area (Å²) >= 11 is 0. The van der Waals surface area contributed by atoms with Crippen LogP contribution < -0.4 is 10.6 Å². The molecule has 0 saturated heterocycles. The maximum atomic E-state index is 12.4. The van der Waals surface area contributed by atoms with Gasteiger partial charge < -0.3 is 10.6 Å². The minimum atomic E-state index is -4.90. The predicted octanol–water partition coefficient (Wildman–Crippen LogP) is 2.73. The molecule has 4 nitrogen and oxygen atoms in total. The smallest absolute Gasteiger partial charge is 0.351 e. The van der Waals surface area contributed by atoms with Crippen molar-refractivity contribution < 1.29 is 22.8 Å². The molecule has 1 aliphatic rings. The number of benzene rings is 1. The van der Waals surface area contributed by atoms with Crippen LogP contribution in [-0.4, -0.2) is 30.1 Å². The van der Waals surface area contributed by atoms with E-state index in [9.17, 15) is 22.8 Å². The topological polar surface area (TPSA) is 58.2 Å². The van der Waals surface area contributed by atoms with Gasteiger partial charge in [0.15, 0.2) is 0 Å². The second-order valence-corrected chi connectivity index (χ2v) is 6.02. The molecular formula is C17H21F3N2O2. The molecule has 0 unspecified atom stereocenters. The number of alkyl halides is 3. The van der Waals surface area contributed by atoms with Crippen LogP contribution >= 0.6 is 0 Å². The first kappa shape index (κ1) is 18.3. The Bertz CT molecular complexity index is 561. The minimum absolute atomic E-state index is 0.211. The van der Waals surface area contributed by atoms with Crippen LogP contribution in [0.2, 0.25) is 0 Å². The van der Waals surface area contributed by atoms with Gasteiger partial charge in [-0.25, -0.2) is 0 Å². The van der Waals surface area contributed by atoms with Gasteiger partial charge in [-0.1, -0.05) is 43.2 Å². The molecule has 2 N–H and O–H groups in total. The molecule has 0 radical (unpaired) electrons. The Morgan fingerprint density at radius 1 is 1.00 bits per heavy atom. The van der Waals surface area contributed by atoms with Crippen molar-refractivity contribution >= 4 is 11.8 Å². The Morgan fingerprint density at radius 2 is 1.58 bits per heavy atom. The molecule has 0 heterocycles. The lowest BCUT2D eigenvalue weighted by atomic mass is 9.90. The van der Waals surface area contributed by atoms with Gasteiger partial charge in [-0.15, -0.1) is 0 Å². The van der Waals surface area contributed by atoms with Gasteiger partial charge in [0.05, 0.1) is 0 Å². The maximum absolute atomic E-state index is 12.4. The van der Waals surface area contributed by atoms with Crippen molar-refractivity contribution in [2.24, 2.45) is 0 Å². The van der Waals surface area contributed by atoms with Gasteiger partial charge in [0.2, 0.25) is 5.91 Å². The van der Waals surface area contributed by atoms with E-state index in [1.165, 1.54) is 0 Å². The van der Waals surface area contributed by atoms with Crippen LogP contribution in [0.4, 0.5) is 13.2 Å². The van der Waals surface area contributed by atoms with E-state index in [0.717, 1.165) is 18.4 Å². The number of aryl methyl sites for hydroxylation is 1. The third-order valence-corrected chi connectivity index (χ3v) is 4.17. The summed E-state index contributed by atoms with van der Waals surface area (Å²) in [4.78, 5) is 23.2. The van der Waals surface area contributed by atoms with Crippen LogP contribution in [-0.2, 0) is 16.0 Å². The number of rotatable bonds is 5. The van der Waals surface area contributed by atoms with Gasteiger partial charge in [-0.05, 0) is 24.8 Å². The highest BCUT2D eigenvalue weighted by molar-refractivity contribution is 5.82. The standard InChI is InChI=1S/C17H21F3N2O2/c18-17(19,20)16(24)22-14-9-5-4-8-13(14)21-15(23)11-10-12-6-2-1-3-7-12/h1-3,6-7,13-14H,4-5,8-11H2,(H,21,23)(H,22,24)/t13-,14-/m1/s1. The van der Waals surface area contributed by atoms with Crippen molar-refractivity contribution in [1.29, 1.82) is 0 Å². The molecule has 132 valence electrons. The molecule has 0 aromatic heterocycles. The number of hydrogen-bond donors (Lipinski definition) is 2. The molecule has 1 aromatic carbocycles. The van der Waals surface area contributed by atoms with Gasteiger partial charge in [0.1, 0.15) is 0 Å². The average molecular weight is 342 g/mol. The van der Waals surface area contributed by atoms with E-state index in [1.54, 1.807) is 0 Å². The van der Waals surface area contributed by atoms with Crippen LogP contribution in [0.15, 0.2) is 30.3 Å². The van der Waals surface area contributed by atoms with Crippen molar-refractivity contribution in [2.75, 3.05) is 0 Å². The summed E-state index contributed by atoms with van der Waals surface area (Å²) in [7, 11) is 0. The summed E-state index contributed by atoms with van der Waals surface area (Å²) in [6.07, 6.45) is -1.51. The fourth-order valence-corrected chi connectivity index (χ4v) is 2.91. The highest BCUT2D eigenvalue weighted by Gasteiger charge is 2.41. The predicted molar refractivity (Wildman–Crippen MR) is 83.1 cm³/mol. The zero-order valence-electron chi connectivity index (χ0n) is 13.2. The lowest BCUT2D eigenvalue weighted by Crippen LogP contribution is -2.55. The molecule has 2 rings (SSSR count). The lowest BCUT2D eigenvalue weighted by molar-refractivity contribution is -0.174.